The molecular weight excluding hydrogens is 393 g/mol. The smallest absolute Gasteiger partial charge is 0.251 e. The standard InChI is InChI=1S/C22H21Cl2N3O/c23-18-11-5-15(13-19(18)24)22(28)26-17-9-7-16(8-10-17)25-21-12-6-14-3-1-2-4-20(14)27-21/h1-6,11-13,16-17H,7-10H2,(H,25,27)(H,26,28)/t16-,17+. The van der Waals surface area contributed by atoms with Gasteiger partial charge in [0.2, 0.25) is 0 Å². The molecule has 4 rings (SSSR count). The Morgan fingerprint density at radius 3 is 2.43 bits per heavy atom. The van der Waals surface area contributed by atoms with Gasteiger partial charge >= 0.3 is 0 Å². The van der Waals surface area contributed by atoms with Gasteiger partial charge in [0.15, 0.2) is 0 Å². The molecule has 0 saturated heterocycles. The van der Waals surface area contributed by atoms with E-state index in [9.17, 15) is 4.79 Å². The number of para-hydroxylation sites is 1. The Balaban J connectivity index is 1.31. The number of benzene rings is 2. The number of nitrogens with one attached hydrogen (secondary N) is 2. The molecule has 1 heterocycles. The van der Waals surface area contributed by atoms with Crippen molar-refractivity contribution >= 4 is 45.8 Å². The zero-order valence-corrected chi connectivity index (χ0v) is 16.8. The fraction of sp³-hybridized carbons (Fsp3) is 0.273. The highest BCUT2D eigenvalue weighted by atomic mass is 35.5. The number of amides is 1. The van der Waals surface area contributed by atoms with Crippen LogP contribution >= 0.6 is 23.2 Å². The number of pyridine rings is 1. The van der Waals surface area contributed by atoms with Gasteiger partial charge < -0.3 is 10.6 Å². The molecule has 4 nitrogen and oxygen atoms in total. The largest absolute Gasteiger partial charge is 0.367 e. The third-order valence-electron chi connectivity index (χ3n) is 5.19. The first kappa shape index (κ1) is 19.0. The van der Waals surface area contributed by atoms with E-state index in [0.717, 1.165) is 42.4 Å². The minimum atomic E-state index is -0.105. The molecule has 1 aliphatic rings. The van der Waals surface area contributed by atoms with Crippen LogP contribution in [0.15, 0.2) is 54.6 Å². The first-order valence-corrected chi connectivity index (χ1v) is 10.2. The lowest BCUT2D eigenvalue weighted by Crippen LogP contribution is -2.40. The summed E-state index contributed by atoms with van der Waals surface area (Å²) in [6.07, 6.45) is 3.83. The lowest BCUT2D eigenvalue weighted by Gasteiger charge is -2.30. The molecule has 0 radical (unpaired) electrons. The summed E-state index contributed by atoms with van der Waals surface area (Å²) in [4.78, 5) is 17.1. The van der Waals surface area contributed by atoms with Gasteiger partial charge in [0, 0.05) is 23.0 Å². The normalized spacial score (nSPS) is 19.4. The number of carbonyl (C=O) groups excluding carboxylic acids is 1. The van der Waals surface area contributed by atoms with Crippen LogP contribution in [0.5, 0.6) is 0 Å². The Morgan fingerprint density at radius 1 is 0.893 bits per heavy atom. The van der Waals surface area contributed by atoms with Gasteiger partial charge in [-0.25, -0.2) is 4.98 Å². The van der Waals surface area contributed by atoms with E-state index < -0.39 is 0 Å². The summed E-state index contributed by atoms with van der Waals surface area (Å²) in [5.41, 5.74) is 1.53. The van der Waals surface area contributed by atoms with Gasteiger partial charge in [0.25, 0.3) is 5.91 Å². The summed E-state index contributed by atoms with van der Waals surface area (Å²) in [6, 6.07) is 17.7. The number of hydrogen-bond donors (Lipinski definition) is 2. The maximum Gasteiger partial charge on any atom is 0.251 e. The molecule has 144 valence electrons. The Kier molecular flexibility index (Phi) is 5.69. The van der Waals surface area contributed by atoms with E-state index >= 15 is 0 Å². The second-order valence-corrected chi connectivity index (χ2v) is 8.00. The molecular formula is C22H21Cl2N3O. The van der Waals surface area contributed by atoms with Crippen LogP contribution in [0.3, 0.4) is 0 Å². The van der Waals surface area contributed by atoms with E-state index in [2.05, 4.69) is 27.8 Å². The second kappa shape index (κ2) is 8.38. The number of aromatic nitrogens is 1. The number of hydrogen-bond acceptors (Lipinski definition) is 3. The van der Waals surface area contributed by atoms with Gasteiger partial charge in [-0.2, -0.15) is 0 Å². The third kappa shape index (κ3) is 4.40. The molecule has 2 N–H and O–H groups in total. The predicted molar refractivity (Wildman–Crippen MR) is 115 cm³/mol. The van der Waals surface area contributed by atoms with Crippen molar-refractivity contribution in [2.75, 3.05) is 5.32 Å². The van der Waals surface area contributed by atoms with Gasteiger partial charge in [-0.05, 0) is 62.1 Å². The van der Waals surface area contributed by atoms with Crippen molar-refractivity contribution in [2.24, 2.45) is 0 Å². The first-order chi connectivity index (χ1) is 13.6. The molecule has 0 aliphatic heterocycles. The molecule has 1 aromatic heterocycles. The molecule has 0 spiro atoms. The van der Waals surface area contributed by atoms with Crippen LogP contribution in [0.25, 0.3) is 10.9 Å². The molecule has 28 heavy (non-hydrogen) atoms. The van der Waals surface area contributed by atoms with Crippen LogP contribution in [-0.2, 0) is 0 Å². The number of halogens is 2. The third-order valence-corrected chi connectivity index (χ3v) is 5.93. The van der Waals surface area contributed by atoms with Gasteiger partial charge in [-0.3, -0.25) is 4.79 Å². The van der Waals surface area contributed by atoms with Gasteiger partial charge in [-0.1, -0.05) is 41.4 Å². The number of carbonyl (C=O) groups is 1. The Hall–Kier alpha value is -2.30. The highest BCUT2D eigenvalue weighted by Gasteiger charge is 2.23. The van der Waals surface area contributed by atoms with Crippen LogP contribution < -0.4 is 10.6 Å². The van der Waals surface area contributed by atoms with Gasteiger partial charge in [0.1, 0.15) is 5.82 Å². The highest BCUT2D eigenvalue weighted by Crippen LogP contribution is 2.25. The molecule has 0 bridgehead atoms. The maximum atomic E-state index is 12.4. The van der Waals surface area contributed by atoms with Crippen LogP contribution in [0.4, 0.5) is 5.82 Å². The zero-order chi connectivity index (χ0) is 19.5. The van der Waals surface area contributed by atoms with Crippen LogP contribution in [0.1, 0.15) is 36.0 Å². The van der Waals surface area contributed by atoms with Gasteiger partial charge in [-0.15, -0.1) is 0 Å². The maximum absolute atomic E-state index is 12.4. The van der Waals surface area contributed by atoms with Crippen molar-refractivity contribution in [1.82, 2.24) is 10.3 Å². The molecule has 1 amide bonds. The van der Waals surface area contributed by atoms with E-state index in [4.69, 9.17) is 23.2 Å². The summed E-state index contributed by atoms with van der Waals surface area (Å²) in [5.74, 6) is 0.799. The SMILES string of the molecule is O=C(N[C@H]1CC[C@@H](Nc2ccc3ccccc3n2)CC1)c1ccc(Cl)c(Cl)c1. The molecule has 1 saturated carbocycles. The average molecular weight is 414 g/mol. The van der Waals surface area contributed by atoms with E-state index in [1.54, 1.807) is 18.2 Å². The van der Waals surface area contributed by atoms with Crippen molar-refractivity contribution in [3.8, 4) is 0 Å². The summed E-state index contributed by atoms with van der Waals surface area (Å²) < 4.78 is 0. The molecule has 0 unspecified atom stereocenters. The fourth-order valence-electron chi connectivity index (χ4n) is 3.64. The van der Waals surface area contributed by atoms with Crippen molar-refractivity contribution < 1.29 is 4.79 Å². The fourth-order valence-corrected chi connectivity index (χ4v) is 3.94. The van der Waals surface area contributed by atoms with Crippen molar-refractivity contribution in [3.05, 3.63) is 70.2 Å². The Labute approximate surface area is 174 Å². The lowest BCUT2D eigenvalue weighted by molar-refractivity contribution is 0.0926. The van der Waals surface area contributed by atoms with Gasteiger partial charge in [0.05, 0.1) is 15.6 Å². The highest BCUT2D eigenvalue weighted by molar-refractivity contribution is 6.42. The van der Waals surface area contributed by atoms with Crippen LogP contribution in [-0.4, -0.2) is 23.0 Å². The zero-order valence-electron chi connectivity index (χ0n) is 15.3. The first-order valence-electron chi connectivity index (χ1n) is 9.47. The van der Waals surface area contributed by atoms with E-state index in [1.165, 1.54) is 0 Å². The van der Waals surface area contributed by atoms with Crippen LogP contribution in [0.2, 0.25) is 10.0 Å². The molecule has 2 aromatic carbocycles. The van der Waals surface area contributed by atoms with E-state index in [-0.39, 0.29) is 11.9 Å². The summed E-state index contributed by atoms with van der Waals surface area (Å²) in [6.45, 7) is 0. The summed E-state index contributed by atoms with van der Waals surface area (Å²) in [5, 5.41) is 8.63. The van der Waals surface area contributed by atoms with E-state index in [0.29, 0.717) is 21.7 Å². The number of fused-ring (bicyclic) bond motifs is 1. The van der Waals surface area contributed by atoms with Crippen molar-refractivity contribution in [1.29, 1.82) is 0 Å². The Bertz CT molecular complexity index is 1000. The minimum absolute atomic E-state index is 0.105. The number of rotatable bonds is 4. The molecule has 0 atom stereocenters. The lowest BCUT2D eigenvalue weighted by atomic mass is 9.91. The second-order valence-electron chi connectivity index (χ2n) is 7.18. The Morgan fingerprint density at radius 2 is 1.64 bits per heavy atom. The quantitative estimate of drug-likeness (QED) is 0.576. The van der Waals surface area contributed by atoms with Crippen molar-refractivity contribution in [2.45, 2.75) is 37.8 Å². The molecule has 1 fully saturated rings. The molecule has 6 heteroatoms. The number of nitrogens with zero attached hydrogens (tertiary/aromatic N) is 1. The summed E-state index contributed by atoms with van der Waals surface area (Å²) in [7, 11) is 0. The summed E-state index contributed by atoms with van der Waals surface area (Å²) >= 11 is 11.9. The molecule has 3 aromatic rings. The number of anilines is 1. The van der Waals surface area contributed by atoms with Crippen LogP contribution in [0, 0.1) is 0 Å². The topological polar surface area (TPSA) is 54.0 Å². The monoisotopic (exact) mass is 413 g/mol. The van der Waals surface area contributed by atoms with Crippen molar-refractivity contribution in [3.63, 3.8) is 0 Å². The average Bonchev–Trinajstić information content (AvgIpc) is 2.71. The molecule has 1 aliphatic carbocycles. The predicted octanol–water partition coefficient (Wildman–Crippen LogP) is 5.69. The van der Waals surface area contributed by atoms with E-state index in [1.807, 2.05) is 24.3 Å². The minimum Gasteiger partial charge on any atom is -0.367 e.